The molecule has 9 heavy (non-hydrogen) atoms. The molecule has 0 aromatic rings. The van der Waals surface area contributed by atoms with Crippen LogP contribution in [0, 0.1) is 18.3 Å². The summed E-state index contributed by atoms with van der Waals surface area (Å²) < 4.78 is 0. The van der Waals surface area contributed by atoms with Gasteiger partial charge in [0.05, 0.1) is 6.10 Å². The molecule has 0 aliphatic carbocycles. The molecule has 0 aromatic carbocycles. The molecule has 1 fully saturated rings. The molecule has 1 saturated heterocycles. The van der Waals surface area contributed by atoms with Gasteiger partial charge >= 0.3 is 0 Å². The van der Waals surface area contributed by atoms with E-state index in [-0.39, 0.29) is 6.10 Å². The smallest absolute Gasteiger partial charge is 0.0675 e. The van der Waals surface area contributed by atoms with Crippen molar-refractivity contribution < 1.29 is 5.11 Å². The van der Waals surface area contributed by atoms with E-state index in [4.69, 9.17) is 6.42 Å². The van der Waals surface area contributed by atoms with Crippen LogP contribution in [0.3, 0.4) is 0 Å². The van der Waals surface area contributed by atoms with Crippen LogP contribution >= 0.6 is 11.8 Å². The van der Waals surface area contributed by atoms with Crippen molar-refractivity contribution >= 4 is 11.8 Å². The van der Waals surface area contributed by atoms with Gasteiger partial charge in [-0.3, -0.25) is 0 Å². The van der Waals surface area contributed by atoms with Crippen molar-refractivity contribution in [3.8, 4) is 12.3 Å². The molecule has 1 rings (SSSR count). The van der Waals surface area contributed by atoms with E-state index >= 15 is 0 Å². The van der Waals surface area contributed by atoms with Crippen LogP contribution in [0.4, 0.5) is 0 Å². The fourth-order valence-electron chi connectivity index (χ4n) is 0.934. The SMILES string of the molecule is C#CCC1CSCC1O. The van der Waals surface area contributed by atoms with Crippen molar-refractivity contribution in [2.75, 3.05) is 11.5 Å². The van der Waals surface area contributed by atoms with Crippen molar-refractivity contribution in [1.29, 1.82) is 0 Å². The predicted octanol–water partition coefficient (Wildman–Crippen LogP) is 0.734. The van der Waals surface area contributed by atoms with Gasteiger partial charge in [-0.1, -0.05) is 0 Å². The highest BCUT2D eigenvalue weighted by Crippen LogP contribution is 2.25. The average Bonchev–Trinajstić information content (AvgIpc) is 2.18. The first-order valence-corrected chi connectivity index (χ1v) is 4.19. The zero-order valence-corrected chi connectivity index (χ0v) is 6.03. The topological polar surface area (TPSA) is 20.2 Å². The van der Waals surface area contributed by atoms with Gasteiger partial charge in [0.25, 0.3) is 0 Å². The van der Waals surface area contributed by atoms with E-state index in [2.05, 4.69) is 5.92 Å². The van der Waals surface area contributed by atoms with Crippen molar-refractivity contribution in [2.45, 2.75) is 12.5 Å². The van der Waals surface area contributed by atoms with Crippen LogP contribution in [0.2, 0.25) is 0 Å². The third kappa shape index (κ3) is 1.64. The Labute approximate surface area is 59.8 Å². The number of aliphatic hydroxyl groups excluding tert-OH is 1. The standard InChI is InChI=1S/C7H10OS/c1-2-3-6-4-9-5-7(6)8/h1,6-8H,3-5H2. The fraction of sp³-hybridized carbons (Fsp3) is 0.714. The van der Waals surface area contributed by atoms with Crippen LogP contribution in [0.1, 0.15) is 6.42 Å². The summed E-state index contributed by atoms with van der Waals surface area (Å²) in [7, 11) is 0. The summed E-state index contributed by atoms with van der Waals surface area (Å²) in [4.78, 5) is 0. The Hall–Kier alpha value is -0.130. The van der Waals surface area contributed by atoms with E-state index in [1.165, 1.54) is 0 Å². The Bertz CT molecular complexity index is 127. The van der Waals surface area contributed by atoms with Crippen molar-refractivity contribution in [2.24, 2.45) is 5.92 Å². The Morgan fingerprint density at radius 3 is 2.89 bits per heavy atom. The van der Waals surface area contributed by atoms with Gasteiger partial charge in [0, 0.05) is 18.1 Å². The summed E-state index contributed by atoms with van der Waals surface area (Å²) in [6.07, 6.45) is 5.68. The normalized spacial score (nSPS) is 34.2. The first-order valence-electron chi connectivity index (χ1n) is 3.04. The highest BCUT2D eigenvalue weighted by Gasteiger charge is 2.24. The maximum Gasteiger partial charge on any atom is 0.0675 e. The summed E-state index contributed by atoms with van der Waals surface area (Å²) >= 11 is 1.78. The lowest BCUT2D eigenvalue weighted by Crippen LogP contribution is -2.16. The summed E-state index contributed by atoms with van der Waals surface area (Å²) in [5, 5.41) is 9.20. The Kier molecular flexibility index (Phi) is 2.44. The summed E-state index contributed by atoms with van der Waals surface area (Å²) in [5.41, 5.74) is 0. The zero-order valence-electron chi connectivity index (χ0n) is 5.21. The zero-order chi connectivity index (χ0) is 6.69. The quantitative estimate of drug-likeness (QED) is 0.545. The molecule has 0 amide bonds. The van der Waals surface area contributed by atoms with Crippen LogP contribution in [0.5, 0.6) is 0 Å². The Morgan fingerprint density at radius 1 is 1.67 bits per heavy atom. The Balaban J connectivity index is 2.33. The minimum Gasteiger partial charge on any atom is -0.392 e. The molecule has 1 aliphatic heterocycles. The van der Waals surface area contributed by atoms with Crippen LogP contribution in [-0.2, 0) is 0 Å². The molecule has 0 aromatic heterocycles. The first kappa shape index (κ1) is 6.98. The van der Waals surface area contributed by atoms with Crippen LogP contribution < -0.4 is 0 Å². The van der Waals surface area contributed by atoms with E-state index in [1.54, 1.807) is 11.8 Å². The summed E-state index contributed by atoms with van der Waals surface area (Å²) in [6, 6.07) is 0. The monoisotopic (exact) mass is 142 g/mol. The van der Waals surface area contributed by atoms with E-state index in [0.717, 1.165) is 17.9 Å². The van der Waals surface area contributed by atoms with Gasteiger partial charge in [0.1, 0.15) is 0 Å². The third-order valence-electron chi connectivity index (χ3n) is 1.54. The second-order valence-electron chi connectivity index (χ2n) is 2.27. The number of hydrogen-bond acceptors (Lipinski definition) is 2. The van der Waals surface area contributed by atoms with Gasteiger partial charge < -0.3 is 5.11 Å². The number of thioether (sulfide) groups is 1. The van der Waals surface area contributed by atoms with E-state index in [0.29, 0.717) is 5.92 Å². The van der Waals surface area contributed by atoms with E-state index < -0.39 is 0 Å². The molecule has 0 saturated carbocycles. The van der Waals surface area contributed by atoms with Crippen LogP contribution in [0.25, 0.3) is 0 Å². The van der Waals surface area contributed by atoms with Crippen LogP contribution in [0.15, 0.2) is 0 Å². The largest absolute Gasteiger partial charge is 0.392 e. The maximum absolute atomic E-state index is 9.20. The predicted molar refractivity (Wildman–Crippen MR) is 40.3 cm³/mol. The maximum atomic E-state index is 9.20. The minimum absolute atomic E-state index is 0.147. The molecule has 2 heteroatoms. The van der Waals surface area contributed by atoms with Crippen molar-refractivity contribution in [3.63, 3.8) is 0 Å². The molecule has 1 N–H and O–H groups in total. The van der Waals surface area contributed by atoms with Crippen LogP contribution in [-0.4, -0.2) is 22.7 Å². The highest BCUT2D eigenvalue weighted by molar-refractivity contribution is 7.99. The van der Waals surface area contributed by atoms with Gasteiger partial charge in [0.15, 0.2) is 0 Å². The molecule has 2 unspecified atom stereocenters. The van der Waals surface area contributed by atoms with Gasteiger partial charge in [-0.15, -0.1) is 12.3 Å². The number of terminal acetylenes is 1. The van der Waals surface area contributed by atoms with E-state index in [9.17, 15) is 5.11 Å². The number of aliphatic hydroxyl groups is 1. The lowest BCUT2D eigenvalue weighted by Gasteiger charge is -2.07. The molecular weight excluding hydrogens is 132 g/mol. The third-order valence-corrected chi connectivity index (χ3v) is 2.79. The summed E-state index contributed by atoms with van der Waals surface area (Å²) in [6.45, 7) is 0. The summed E-state index contributed by atoms with van der Waals surface area (Å²) in [5.74, 6) is 4.83. The number of hydrogen-bond donors (Lipinski definition) is 1. The van der Waals surface area contributed by atoms with E-state index in [1.807, 2.05) is 0 Å². The molecule has 2 atom stereocenters. The molecule has 0 radical (unpaired) electrons. The first-order chi connectivity index (χ1) is 4.34. The van der Waals surface area contributed by atoms with Gasteiger partial charge in [-0.05, 0) is 5.75 Å². The molecule has 0 bridgehead atoms. The number of rotatable bonds is 1. The second-order valence-corrected chi connectivity index (χ2v) is 3.35. The minimum atomic E-state index is -0.147. The molecule has 50 valence electrons. The van der Waals surface area contributed by atoms with Gasteiger partial charge in [-0.2, -0.15) is 11.8 Å². The molecule has 1 heterocycles. The molecular formula is C7H10OS. The Morgan fingerprint density at radius 2 is 2.44 bits per heavy atom. The molecule has 1 nitrogen and oxygen atoms in total. The fourth-order valence-corrected chi connectivity index (χ4v) is 2.23. The highest BCUT2D eigenvalue weighted by atomic mass is 32.2. The van der Waals surface area contributed by atoms with Crippen molar-refractivity contribution in [1.82, 2.24) is 0 Å². The van der Waals surface area contributed by atoms with Gasteiger partial charge in [-0.25, -0.2) is 0 Å². The van der Waals surface area contributed by atoms with Gasteiger partial charge in [0.2, 0.25) is 0 Å². The lowest BCUT2D eigenvalue weighted by molar-refractivity contribution is 0.152. The molecule has 1 aliphatic rings. The van der Waals surface area contributed by atoms with Crippen molar-refractivity contribution in [3.05, 3.63) is 0 Å². The average molecular weight is 142 g/mol. The molecule has 0 spiro atoms. The second kappa shape index (κ2) is 3.14. The lowest BCUT2D eigenvalue weighted by atomic mass is 10.0.